The molecule has 1 aliphatic rings. The van der Waals surface area contributed by atoms with E-state index in [9.17, 15) is 4.79 Å². The number of carboxylic acids is 1. The summed E-state index contributed by atoms with van der Waals surface area (Å²) in [6, 6.07) is 16.0. The second-order valence-corrected chi connectivity index (χ2v) is 7.13. The van der Waals surface area contributed by atoms with Crippen LogP contribution in [0.25, 0.3) is 0 Å². The van der Waals surface area contributed by atoms with Crippen molar-refractivity contribution in [3.63, 3.8) is 0 Å². The van der Waals surface area contributed by atoms with Gasteiger partial charge in [0.2, 0.25) is 0 Å². The van der Waals surface area contributed by atoms with E-state index < -0.39 is 5.97 Å². The highest BCUT2D eigenvalue weighted by Crippen LogP contribution is 2.21. The van der Waals surface area contributed by atoms with Crippen LogP contribution >= 0.6 is 15.9 Å². The van der Waals surface area contributed by atoms with Crippen molar-refractivity contribution in [3.8, 4) is 0 Å². The number of halogens is 1. The van der Waals surface area contributed by atoms with Crippen LogP contribution in [0.1, 0.15) is 28.8 Å². The Morgan fingerprint density at radius 2 is 1.92 bits per heavy atom. The number of piperidine rings is 1. The summed E-state index contributed by atoms with van der Waals surface area (Å²) >= 11 is 3.50. The summed E-state index contributed by atoms with van der Waals surface area (Å²) in [5.74, 6) is -0.867. The molecule has 0 aliphatic carbocycles. The van der Waals surface area contributed by atoms with Gasteiger partial charge in [-0.15, -0.1) is 0 Å². The summed E-state index contributed by atoms with van der Waals surface area (Å²) in [5, 5.41) is 12.7. The molecule has 1 fully saturated rings. The van der Waals surface area contributed by atoms with Crippen molar-refractivity contribution < 1.29 is 9.90 Å². The SMILES string of the molecule is O=C(O)c1cccc(CN2CCC(Nc3cccc(Br)c3)CC2)c1. The number of carbonyl (C=O) groups is 1. The average molecular weight is 389 g/mol. The summed E-state index contributed by atoms with van der Waals surface area (Å²) in [7, 11) is 0. The molecule has 5 heteroatoms. The van der Waals surface area contributed by atoms with Crippen LogP contribution in [-0.2, 0) is 6.54 Å². The third-order valence-corrected chi connectivity index (χ3v) is 4.86. The van der Waals surface area contributed by atoms with Crippen LogP contribution in [0.5, 0.6) is 0 Å². The highest BCUT2D eigenvalue weighted by Gasteiger charge is 2.19. The van der Waals surface area contributed by atoms with Crippen LogP contribution in [0.2, 0.25) is 0 Å². The summed E-state index contributed by atoms with van der Waals surface area (Å²) in [5.41, 5.74) is 2.57. The lowest BCUT2D eigenvalue weighted by molar-refractivity contribution is 0.0696. The van der Waals surface area contributed by atoms with E-state index in [0.29, 0.717) is 11.6 Å². The molecule has 1 aliphatic heterocycles. The van der Waals surface area contributed by atoms with Gasteiger partial charge in [0.15, 0.2) is 0 Å². The number of benzene rings is 2. The molecule has 4 nitrogen and oxygen atoms in total. The molecule has 0 unspecified atom stereocenters. The molecule has 0 saturated carbocycles. The van der Waals surface area contributed by atoms with Gasteiger partial charge in [0, 0.05) is 35.8 Å². The lowest BCUT2D eigenvalue weighted by Crippen LogP contribution is -2.38. The number of anilines is 1. The number of aromatic carboxylic acids is 1. The van der Waals surface area contributed by atoms with Crippen LogP contribution < -0.4 is 5.32 Å². The van der Waals surface area contributed by atoms with E-state index in [0.717, 1.165) is 48.2 Å². The van der Waals surface area contributed by atoms with E-state index in [-0.39, 0.29) is 0 Å². The zero-order valence-electron chi connectivity index (χ0n) is 13.4. The number of carboxylic acid groups (broad SMARTS) is 1. The largest absolute Gasteiger partial charge is 0.478 e. The number of nitrogens with zero attached hydrogens (tertiary/aromatic N) is 1. The molecular weight excluding hydrogens is 368 g/mol. The van der Waals surface area contributed by atoms with Crippen LogP contribution in [0.15, 0.2) is 53.0 Å². The lowest BCUT2D eigenvalue weighted by atomic mass is 10.0. The maximum absolute atomic E-state index is 11.1. The first-order valence-corrected chi connectivity index (χ1v) is 8.96. The summed E-state index contributed by atoms with van der Waals surface area (Å²) in [6.07, 6.45) is 2.18. The van der Waals surface area contributed by atoms with Crippen molar-refractivity contribution in [2.45, 2.75) is 25.4 Å². The first-order valence-electron chi connectivity index (χ1n) is 8.17. The molecule has 3 rings (SSSR count). The van der Waals surface area contributed by atoms with E-state index >= 15 is 0 Å². The topological polar surface area (TPSA) is 52.6 Å². The minimum absolute atomic E-state index is 0.360. The zero-order chi connectivity index (χ0) is 16.9. The van der Waals surface area contributed by atoms with Crippen molar-refractivity contribution in [1.82, 2.24) is 4.90 Å². The quantitative estimate of drug-likeness (QED) is 0.804. The highest BCUT2D eigenvalue weighted by molar-refractivity contribution is 9.10. The lowest BCUT2D eigenvalue weighted by Gasteiger charge is -2.33. The Hall–Kier alpha value is -1.85. The predicted octanol–water partition coefficient (Wildman–Crippen LogP) is 4.22. The Morgan fingerprint density at radius 1 is 1.17 bits per heavy atom. The van der Waals surface area contributed by atoms with Gasteiger partial charge in [0.25, 0.3) is 0 Å². The third-order valence-electron chi connectivity index (χ3n) is 4.36. The standard InChI is InChI=1S/C19H21BrN2O2/c20-16-5-2-6-18(12-16)21-17-7-9-22(10-8-17)13-14-3-1-4-15(11-14)19(23)24/h1-6,11-12,17,21H,7-10,13H2,(H,23,24). The molecule has 2 aromatic carbocycles. The molecule has 0 bridgehead atoms. The van der Waals surface area contributed by atoms with Crippen LogP contribution in [0.3, 0.4) is 0 Å². The van der Waals surface area contributed by atoms with Gasteiger partial charge in [-0.05, 0) is 48.7 Å². The first kappa shape index (κ1) is 17.0. The van der Waals surface area contributed by atoms with E-state index in [1.807, 2.05) is 24.3 Å². The first-order chi connectivity index (χ1) is 11.6. The summed E-state index contributed by atoms with van der Waals surface area (Å²) in [4.78, 5) is 13.4. The van der Waals surface area contributed by atoms with Gasteiger partial charge in [-0.1, -0.05) is 34.1 Å². The van der Waals surface area contributed by atoms with Gasteiger partial charge >= 0.3 is 5.97 Å². The van der Waals surface area contributed by atoms with E-state index in [4.69, 9.17) is 5.11 Å². The fourth-order valence-corrected chi connectivity index (χ4v) is 3.51. The fourth-order valence-electron chi connectivity index (χ4n) is 3.11. The molecule has 0 radical (unpaired) electrons. The number of rotatable bonds is 5. The Bertz CT molecular complexity index is 712. The zero-order valence-corrected chi connectivity index (χ0v) is 15.0. The van der Waals surface area contributed by atoms with Gasteiger partial charge in [0.1, 0.15) is 0 Å². The van der Waals surface area contributed by atoms with Crippen molar-refractivity contribution in [1.29, 1.82) is 0 Å². The second-order valence-electron chi connectivity index (χ2n) is 6.21. The molecule has 0 aromatic heterocycles. The molecule has 1 saturated heterocycles. The maximum atomic E-state index is 11.1. The molecular formula is C19H21BrN2O2. The minimum Gasteiger partial charge on any atom is -0.478 e. The average Bonchev–Trinajstić information content (AvgIpc) is 2.57. The molecule has 2 aromatic rings. The van der Waals surface area contributed by atoms with Crippen molar-refractivity contribution in [3.05, 3.63) is 64.1 Å². The number of hydrogen-bond acceptors (Lipinski definition) is 3. The molecule has 1 heterocycles. The van der Waals surface area contributed by atoms with E-state index in [2.05, 4.69) is 38.3 Å². The molecule has 0 spiro atoms. The van der Waals surface area contributed by atoms with Crippen LogP contribution in [0.4, 0.5) is 5.69 Å². The van der Waals surface area contributed by atoms with Crippen molar-refractivity contribution >= 4 is 27.6 Å². The number of hydrogen-bond donors (Lipinski definition) is 2. The van der Waals surface area contributed by atoms with Crippen LogP contribution in [0, 0.1) is 0 Å². The normalized spacial score (nSPS) is 16.0. The van der Waals surface area contributed by atoms with Gasteiger partial charge < -0.3 is 10.4 Å². The van der Waals surface area contributed by atoms with Crippen molar-refractivity contribution in [2.75, 3.05) is 18.4 Å². The smallest absolute Gasteiger partial charge is 0.335 e. The maximum Gasteiger partial charge on any atom is 0.335 e. The Labute approximate surface area is 150 Å². The molecule has 2 N–H and O–H groups in total. The highest BCUT2D eigenvalue weighted by atomic mass is 79.9. The minimum atomic E-state index is -0.867. The van der Waals surface area contributed by atoms with Gasteiger partial charge in [-0.2, -0.15) is 0 Å². The van der Waals surface area contributed by atoms with Gasteiger partial charge in [-0.25, -0.2) is 4.79 Å². The number of nitrogens with one attached hydrogen (secondary N) is 1. The number of likely N-dealkylation sites (tertiary alicyclic amines) is 1. The Balaban J connectivity index is 1.52. The monoisotopic (exact) mass is 388 g/mol. The Morgan fingerprint density at radius 3 is 2.62 bits per heavy atom. The molecule has 126 valence electrons. The molecule has 0 atom stereocenters. The summed E-state index contributed by atoms with van der Waals surface area (Å²) < 4.78 is 1.09. The fraction of sp³-hybridized carbons (Fsp3) is 0.316. The summed E-state index contributed by atoms with van der Waals surface area (Å²) in [6.45, 7) is 2.84. The second kappa shape index (κ2) is 7.81. The van der Waals surface area contributed by atoms with Gasteiger partial charge in [0.05, 0.1) is 5.56 Å². The van der Waals surface area contributed by atoms with E-state index in [1.165, 1.54) is 0 Å². The molecule has 0 amide bonds. The predicted molar refractivity (Wildman–Crippen MR) is 99.5 cm³/mol. The Kier molecular flexibility index (Phi) is 5.53. The molecule has 24 heavy (non-hydrogen) atoms. The van der Waals surface area contributed by atoms with Crippen molar-refractivity contribution in [2.24, 2.45) is 0 Å². The van der Waals surface area contributed by atoms with Gasteiger partial charge in [-0.3, -0.25) is 4.90 Å². The van der Waals surface area contributed by atoms with E-state index in [1.54, 1.807) is 12.1 Å². The third kappa shape index (κ3) is 4.58. The van der Waals surface area contributed by atoms with Crippen LogP contribution in [-0.4, -0.2) is 35.1 Å².